The van der Waals surface area contributed by atoms with E-state index in [0.717, 1.165) is 22.5 Å². The van der Waals surface area contributed by atoms with Crippen LogP contribution in [0.3, 0.4) is 0 Å². The first-order chi connectivity index (χ1) is 14.6. The van der Waals surface area contributed by atoms with E-state index in [1.165, 1.54) is 16.3 Å². The number of hydrogen-bond acceptors (Lipinski definition) is 3. The highest BCUT2D eigenvalue weighted by molar-refractivity contribution is 7.92. The first-order valence-corrected chi connectivity index (χ1v) is 12.3. The Balaban J connectivity index is 1.65. The van der Waals surface area contributed by atoms with Gasteiger partial charge in [0.15, 0.2) is 0 Å². The number of anilines is 1. The Labute approximate surface area is 189 Å². The molecule has 0 heterocycles. The molecule has 0 aromatic heterocycles. The van der Waals surface area contributed by atoms with E-state index in [0.29, 0.717) is 17.3 Å². The quantitative estimate of drug-likeness (QED) is 0.538. The number of carbonyl (C=O) groups excluding carboxylic acids is 1. The second-order valence-corrected chi connectivity index (χ2v) is 10.3. The van der Waals surface area contributed by atoms with Gasteiger partial charge in [0, 0.05) is 11.6 Å². The largest absolute Gasteiger partial charge is 0.354 e. The average molecular weight is 459 g/mol. The first-order valence-electron chi connectivity index (χ1n) is 10.1. The zero-order chi connectivity index (χ0) is 22.6. The van der Waals surface area contributed by atoms with Gasteiger partial charge in [-0.2, -0.15) is 0 Å². The average Bonchev–Trinajstić information content (AvgIpc) is 2.72. The highest BCUT2D eigenvalue weighted by Crippen LogP contribution is 2.26. The van der Waals surface area contributed by atoms with Crippen LogP contribution in [0.15, 0.2) is 60.7 Å². The molecule has 0 spiro atoms. The Morgan fingerprint density at radius 1 is 1.10 bits per heavy atom. The summed E-state index contributed by atoms with van der Waals surface area (Å²) >= 11 is 6.05. The summed E-state index contributed by atoms with van der Waals surface area (Å²) < 4.78 is 25.8. The highest BCUT2D eigenvalue weighted by atomic mass is 35.5. The minimum absolute atomic E-state index is 0.189. The van der Waals surface area contributed by atoms with Gasteiger partial charge in [-0.15, -0.1) is 0 Å². The lowest BCUT2D eigenvalue weighted by atomic mass is 9.96. The van der Waals surface area contributed by atoms with E-state index in [2.05, 4.69) is 36.5 Å². The van der Waals surface area contributed by atoms with Crippen LogP contribution >= 0.6 is 11.6 Å². The second kappa shape index (κ2) is 9.71. The topological polar surface area (TPSA) is 66.5 Å². The highest BCUT2D eigenvalue weighted by Gasteiger charge is 2.23. The van der Waals surface area contributed by atoms with Gasteiger partial charge in [-0.1, -0.05) is 67.1 Å². The van der Waals surface area contributed by atoms with Crippen molar-refractivity contribution in [1.29, 1.82) is 0 Å². The molecule has 0 bridgehead atoms. The lowest BCUT2D eigenvalue weighted by Gasteiger charge is -2.24. The summed E-state index contributed by atoms with van der Waals surface area (Å²) in [7, 11) is -3.65. The number of aryl methyl sites for hydroxylation is 1. The van der Waals surface area contributed by atoms with Crippen LogP contribution in [0.2, 0.25) is 5.02 Å². The monoisotopic (exact) mass is 458 g/mol. The van der Waals surface area contributed by atoms with E-state index in [1.807, 2.05) is 18.2 Å². The zero-order valence-corrected chi connectivity index (χ0v) is 19.5. The smallest absolute Gasteiger partial charge is 0.240 e. The molecule has 0 radical (unpaired) electrons. The van der Waals surface area contributed by atoms with Gasteiger partial charge in [-0.05, 0) is 53.3 Å². The fraction of sp³-hybridized carbons (Fsp3) is 0.292. The maximum atomic E-state index is 12.6. The van der Waals surface area contributed by atoms with Gasteiger partial charge in [0.2, 0.25) is 15.9 Å². The Morgan fingerprint density at radius 2 is 1.81 bits per heavy atom. The van der Waals surface area contributed by atoms with Crippen LogP contribution in [0.1, 0.15) is 18.1 Å². The van der Waals surface area contributed by atoms with Crippen molar-refractivity contribution < 1.29 is 13.2 Å². The van der Waals surface area contributed by atoms with Gasteiger partial charge in [-0.3, -0.25) is 9.10 Å². The normalized spacial score (nSPS) is 12.5. The molecule has 31 heavy (non-hydrogen) atoms. The predicted octanol–water partition coefficient (Wildman–Crippen LogP) is 4.56. The molecule has 0 saturated carbocycles. The van der Waals surface area contributed by atoms with Crippen molar-refractivity contribution in [2.75, 3.05) is 23.7 Å². The standard InChI is InChI=1S/C24H27ClN2O3S/c1-17(13-20-9-6-8-19-7-4-5-10-22(19)20)15-26-24(28)16-27(31(3,29)30)23-14-21(25)12-11-18(23)2/h4-12,14,17H,13,15-16H2,1-3H3,(H,26,28). The lowest BCUT2D eigenvalue weighted by molar-refractivity contribution is -0.119. The van der Waals surface area contributed by atoms with Crippen molar-refractivity contribution in [2.45, 2.75) is 20.3 Å². The number of nitrogens with one attached hydrogen (secondary N) is 1. The number of nitrogens with zero attached hydrogens (tertiary/aromatic N) is 1. The molecule has 164 valence electrons. The summed E-state index contributed by atoms with van der Waals surface area (Å²) in [5, 5.41) is 5.70. The summed E-state index contributed by atoms with van der Waals surface area (Å²) in [4.78, 5) is 12.6. The van der Waals surface area contributed by atoms with Gasteiger partial charge in [0.1, 0.15) is 6.54 Å². The van der Waals surface area contributed by atoms with Crippen molar-refractivity contribution in [3.05, 3.63) is 76.8 Å². The van der Waals surface area contributed by atoms with Gasteiger partial charge in [0.05, 0.1) is 11.9 Å². The van der Waals surface area contributed by atoms with E-state index in [4.69, 9.17) is 11.6 Å². The van der Waals surface area contributed by atoms with Gasteiger partial charge < -0.3 is 5.32 Å². The third-order valence-corrected chi connectivity index (χ3v) is 6.58. The molecule has 5 nitrogen and oxygen atoms in total. The second-order valence-electron chi connectivity index (χ2n) is 7.95. The SMILES string of the molecule is Cc1ccc(Cl)cc1N(CC(=O)NCC(C)Cc1cccc2ccccc12)S(C)(=O)=O. The molecule has 1 unspecified atom stereocenters. The van der Waals surface area contributed by atoms with Crippen LogP contribution in [-0.2, 0) is 21.2 Å². The van der Waals surface area contributed by atoms with Crippen molar-refractivity contribution in [3.8, 4) is 0 Å². The maximum Gasteiger partial charge on any atom is 0.240 e. The minimum atomic E-state index is -3.65. The molecule has 0 aliphatic heterocycles. The van der Waals surface area contributed by atoms with Crippen molar-refractivity contribution in [1.82, 2.24) is 5.32 Å². The predicted molar refractivity (Wildman–Crippen MR) is 128 cm³/mol. The van der Waals surface area contributed by atoms with Crippen molar-refractivity contribution in [2.24, 2.45) is 5.92 Å². The number of fused-ring (bicyclic) bond motifs is 1. The Kier molecular flexibility index (Phi) is 7.23. The number of sulfonamides is 1. The number of amides is 1. The fourth-order valence-electron chi connectivity index (χ4n) is 3.62. The molecule has 0 saturated heterocycles. The molecule has 0 aliphatic carbocycles. The summed E-state index contributed by atoms with van der Waals surface area (Å²) in [5.74, 6) is -0.163. The molecule has 1 amide bonds. The van der Waals surface area contributed by atoms with E-state index in [1.54, 1.807) is 25.1 Å². The number of rotatable bonds is 8. The number of halogens is 1. The number of carbonyl (C=O) groups is 1. The maximum absolute atomic E-state index is 12.6. The van der Waals surface area contributed by atoms with Crippen LogP contribution in [0.4, 0.5) is 5.69 Å². The summed E-state index contributed by atoms with van der Waals surface area (Å²) in [6.07, 6.45) is 1.90. The zero-order valence-electron chi connectivity index (χ0n) is 17.9. The third-order valence-electron chi connectivity index (χ3n) is 5.22. The van der Waals surface area contributed by atoms with Crippen molar-refractivity contribution in [3.63, 3.8) is 0 Å². The van der Waals surface area contributed by atoms with E-state index < -0.39 is 10.0 Å². The van der Waals surface area contributed by atoms with Crippen LogP contribution in [0.25, 0.3) is 10.8 Å². The molecule has 0 aliphatic rings. The number of benzene rings is 3. The van der Waals surface area contributed by atoms with Gasteiger partial charge in [-0.25, -0.2) is 8.42 Å². The van der Waals surface area contributed by atoms with Crippen LogP contribution in [0, 0.1) is 12.8 Å². The number of hydrogen-bond donors (Lipinski definition) is 1. The van der Waals surface area contributed by atoms with E-state index in [9.17, 15) is 13.2 Å². The molecule has 0 fully saturated rings. The molecular formula is C24H27ClN2O3S. The third kappa shape index (κ3) is 5.99. The lowest BCUT2D eigenvalue weighted by Crippen LogP contribution is -2.42. The fourth-order valence-corrected chi connectivity index (χ4v) is 4.70. The van der Waals surface area contributed by atoms with Gasteiger partial charge >= 0.3 is 0 Å². The molecule has 3 aromatic rings. The summed E-state index contributed by atoms with van der Waals surface area (Å²) in [5.41, 5.74) is 2.37. The summed E-state index contributed by atoms with van der Waals surface area (Å²) in [6, 6.07) is 19.5. The van der Waals surface area contributed by atoms with Gasteiger partial charge in [0.25, 0.3) is 0 Å². The Bertz CT molecular complexity index is 1190. The van der Waals surface area contributed by atoms with Crippen LogP contribution < -0.4 is 9.62 Å². The van der Waals surface area contributed by atoms with E-state index >= 15 is 0 Å². The van der Waals surface area contributed by atoms with E-state index in [-0.39, 0.29) is 18.4 Å². The minimum Gasteiger partial charge on any atom is -0.354 e. The molecule has 1 atom stereocenters. The Morgan fingerprint density at radius 3 is 2.55 bits per heavy atom. The summed E-state index contributed by atoms with van der Waals surface area (Å²) in [6.45, 7) is 4.01. The van der Waals surface area contributed by atoms with Crippen LogP contribution in [-0.4, -0.2) is 33.7 Å². The molecule has 1 N–H and O–H groups in total. The van der Waals surface area contributed by atoms with Crippen molar-refractivity contribution >= 4 is 44.0 Å². The molecule has 3 aromatic carbocycles. The van der Waals surface area contributed by atoms with Crippen LogP contribution in [0.5, 0.6) is 0 Å². The molecule has 3 rings (SSSR count). The Hall–Kier alpha value is -2.57. The first kappa shape index (κ1) is 23.1. The molecular weight excluding hydrogens is 432 g/mol. The molecule has 7 heteroatoms.